The van der Waals surface area contributed by atoms with Crippen LogP contribution in [0.2, 0.25) is 0 Å². The summed E-state index contributed by atoms with van der Waals surface area (Å²) in [6.45, 7) is 8.71. The molecule has 2 heteroatoms. The van der Waals surface area contributed by atoms with Crippen molar-refractivity contribution in [3.63, 3.8) is 0 Å². The molecule has 0 atom stereocenters. The van der Waals surface area contributed by atoms with Gasteiger partial charge in [-0.2, -0.15) is 0 Å². The van der Waals surface area contributed by atoms with Gasteiger partial charge in [-0.3, -0.25) is 0 Å². The highest BCUT2D eigenvalue weighted by molar-refractivity contribution is 5.45. The van der Waals surface area contributed by atoms with E-state index in [1.807, 2.05) is 30.3 Å². The SMILES string of the molecule is CC(C)(c1[c]ccc(C(C)(C)c2ccc(O)cc2)c1)c1ccc(O)cc1. The summed E-state index contributed by atoms with van der Waals surface area (Å²) in [5, 5.41) is 19.1. The first kappa shape index (κ1) is 18.1. The Morgan fingerprint density at radius 3 is 1.58 bits per heavy atom. The summed E-state index contributed by atoms with van der Waals surface area (Å²) in [6.07, 6.45) is 0. The van der Waals surface area contributed by atoms with Crippen LogP contribution in [0.1, 0.15) is 49.9 Å². The molecule has 1 radical (unpaired) electrons. The first-order valence-electron chi connectivity index (χ1n) is 8.83. The molecule has 2 N–H and O–H groups in total. The van der Waals surface area contributed by atoms with Gasteiger partial charge in [0.25, 0.3) is 0 Å². The molecule has 3 aromatic carbocycles. The quantitative estimate of drug-likeness (QED) is 0.651. The lowest BCUT2D eigenvalue weighted by molar-refractivity contribution is 0.474. The third-order valence-electron chi connectivity index (χ3n) is 5.37. The Labute approximate surface area is 155 Å². The molecule has 3 aromatic rings. The zero-order valence-corrected chi connectivity index (χ0v) is 15.7. The number of benzene rings is 3. The summed E-state index contributed by atoms with van der Waals surface area (Å²) in [6, 6.07) is 24.4. The molecule has 0 bridgehead atoms. The van der Waals surface area contributed by atoms with Crippen LogP contribution in [0.25, 0.3) is 0 Å². The van der Waals surface area contributed by atoms with Gasteiger partial charge in [0.15, 0.2) is 0 Å². The van der Waals surface area contributed by atoms with Crippen molar-refractivity contribution in [3.8, 4) is 11.5 Å². The molecule has 0 spiro atoms. The van der Waals surface area contributed by atoms with Crippen molar-refractivity contribution in [1.29, 1.82) is 0 Å². The Morgan fingerprint density at radius 2 is 1.08 bits per heavy atom. The Kier molecular flexibility index (Phi) is 4.53. The molecule has 0 fully saturated rings. The van der Waals surface area contributed by atoms with Gasteiger partial charge in [0, 0.05) is 10.8 Å². The van der Waals surface area contributed by atoms with E-state index in [0.717, 1.165) is 16.7 Å². The topological polar surface area (TPSA) is 40.5 Å². The minimum absolute atomic E-state index is 0.192. The number of rotatable bonds is 4. The van der Waals surface area contributed by atoms with E-state index in [-0.39, 0.29) is 22.3 Å². The minimum atomic E-state index is -0.227. The molecule has 0 aliphatic heterocycles. The second kappa shape index (κ2) is 6.53. The van der Waals surface area contributed by atoms with E-state index in [9.17, 15) is 10.2 Å². The first-order chi connectivity index (χ1) is 12.2. The fourth-order valence-corrected chi connectivity index (χ4v) is 3.29. The first-order valence-corrected chi connectivity index (χ1v) is 8.83. The molecule has 0 saturated heterocycles. The van der Waals surface area contributed by atoms with Crippen LogP contribution in [0.4, 0.5) is 0 Å². The van der Waals surface area contributed by atoms with E-state index in [1.165, 1.54) is 5.56 Å². The van der Waals surface area contributed by atoms with Crippen LogP contribution in [-0.2, 0) is 10.8 Å². The monoisotopic (exact) mass is 345 g/mol. The third kappa shape index (κ3) is 3.32. The van der Waals surface area contributed by atoms with Crippen molar-refractivity contribution < 1.29 is 10.2 Å². The maximum Gasteiger partial charge on any atom is 0.115 e. The average molecular weight is 345 g/mol. The molecule has 2 nitrogen and oxygen atoms in total. The van der Waals surface area contributed by atoms with E-state index in [0.29, 0.717) is 0 Å². The van der Waals surface area contributed by atoms with Crippen molar-refractivity contribution in [2.45, 2.75) is 38.5 Å². The zero-order valence-electron chi connectivity index (χ0n) is 15.7. The Balaban J connectivity index is 2.02. The van der Waals surface area contributed by atoms with Gasteiger partial charge in [-0.05, 0) is 52.6 Å². The predicted octanol–water partition coefficient (Wildman–Crippen LogP) is 5.55. The Bertz CT molecular complexity index is 816. The largest absolute Gasteiger partial charge is 0.508 e. The van der Waals surface area contributed by atoms with Crippen LogP contribution < -0.4 is 0 Å². The fourth-order valence-electron chi connectivity index (χ4n) is 3.29. The van der Waals surface area contributed by atoms with Crippen LogP contribution in [0.5, 0.6) is 11.5 Å². The van der Waals surface area contributed by atoms with Gasteiger partial charge in [0.05, 0.1) is 0 Å². The number of aromatic hydroxyl groups is 2. The lowest BCUT2D eigenvalue weighted by Crippen LogP contribution is -2.23. The fraction of sp³-hybridized carbons (Fsp3) is 0.250. The van der Waals surface area contributed by atoms with Gasteiger partial charge < -0.3 is 10.2 Å². The van der Waals surface area contributed by atoms with Gasteiger partial charge in [-0.25, -0.2) is 0 Å². The van der Waals surface area contributed by atoms with E-state index >= 15 is 0 Å². The number of phenols is 2. The van der Waals surface area contributed by atoms with Gasteiger partial charge >= 0.3 is 0 Å². The molecule has 26 heavy (non-hydrogen) atoms. The highest BCUT2D eigenvalue weighted by Crippen LogP contribution is 2.37. The lowest BCUT2D eigenvalue weighted by Gasteiger charge is -2.30. The molecule has 0 saturated carbocycles. The van der Waals surface area contributed by atoms with Gasteiger partial charge in [-0.1, -0.05) is 70.2 Å². The van der Waals surface area contributed by atoms with E-state index < -0.39 is 0 Å². The Morgan fingerprint density at radius 1 is 0.615 bits per heavy atom. The Hall–Kier alpha value is -2.74. The number of phenolic OH excluding ortho intramolecular Hbond substituents is 2. The highest BCUT2D eigenvalue weighted by Gasteiger charge is 2.28. The van der Waals surface area contributed by atoms with Crippen LogP contribution in [-0.4, -0.2) is 10.2 Å². The number of hydrogen-bond donors (Lipinski definition) is 2. The van der Waals surface area contributed by atoms with Gasteiger partial charge in [0.1, 0.15) is 11.5 Å². The van der Waals surface area contributed by atoms with Crippen molar-refractivity contribution in [3.05, 3.63) is 95.1 Å². The normalized spacial score (nSPS) is 12.2. The van der Waals surface area contributed by atoms with E-state index in [1.54, 1.807) is 24.3 Å². The van der Waals surface area contributed by atoms with Gasteiger partial charge in [0.2, 0.25) is 0 Å². The second-order valence-electron chi connectivity index (χ2n) is 7.83. The molecule has 0 aliphatic carbocycles. The maximum absolute atomic E-state index is 9.57. The molecule has 133 valence electrons. The smallest absolute Gasteiger partial charge is 0.115 e. The average Bonchev–Trinajstić information content (AvgIpc) is 2.62. The highest BCUT2D eigenvalue weighted by atomic mass is 16.3. The zero-order chi connectivity index (χ0) is 18.9. The molecule has 3 rings (SSSR count). The lowest BCUT2D eigenvalue weighted by atomic mass is 9.73. The van der Waals surface area contributed by atoms with E-state index in [2.05, 4.69) is 45.9 Å². The van der Waals surface area contributed by atoms with Crippen molar-refractivity contribution in [2.24, 2.45) is 0 Å². The molecule has 0 aliphatic rings. The van der Waals surface area contributed by atoms with Crippen LogP contribution in [0.3, 0.4) is 0 Å². The third-order valence-corrected chi connectivity index (χ3v) is 5.37. The molecule has 0 heterocycles. The summed E-state index contributed by atoms with van der Waals surface area (Å²) in [5.41, 5.74) is 4.16. The van der Waals surface area contributed by atoms with Crippen molar-refractivity contribution >= 4 is 0 Å². The van der Waals surface area contributed by atoms with Crippen LogP contribution in [0.15, 0.2) is 66.7 Å². The predicted molar refractivity (Wildman–Crippen MR) is 106 cm³/mol. The summed E-state index contributed by atoms with van der Waals surface area (Å²) in [4.78, 5) is 0. The van der Waals surface area contributed by atoms with Crippen LogP contribution in [0, 0.1) is 6.07 Å². The number of hydrogen-bond acceptors (Lipinski definition) is 2. The summed E-state index contributed by atoms with van der Waals surface area (Å²) in [7, 11) is 0. The summed E-state index contributed by atoms with van der Waals surface area (Å²) < 4.78 is 0. The molecule has 0 amide bonds. The summed E-state index contributed by atoms with van der Waals surface area (Å²) in [5.74, 6) is 0.552. The standard InChI is InChI=1S/C24H25O2/c1-23(2,17-8-12-21(25)13-9-17)19-6-5-7-20(16-19)24(3,4)18-10-14-22(26)15-11-18/h5-6,8-16,25-26H,1-4H3. The molecular weight excluding hydrogens is 320 g/mol. The van der Waals surface area contributed by atoms with Crippen molar-refractivity contribution in [1.82, 2.24) is 0 Å². The van der Waals surface area contributed by atoms with Gasteiger partial charge in [-0.15, -0.1) is 0 Å². The summed E-state index contributed by atoms with van der Waals surface area (Å²) >= 11 is 0. The molecule has 0 unspecified atom stereocenters. The van der Waals surface area contributed by atoms with Crippen LogP contribution >= 0.6 is 0 Å². The minimum Gasteiger partial charge on any atom is -0.508 e. The maximum atomic E-state index is 9.57. The molecular formula is C24H25O2. The molecule has 0 aromatic heterocycles. The van der Waals surface area contributed by atoms with E-state index in [4.69, 9.17) is 0 Å². The van der Waals surface area contributed by atoms with Crippen molar-refractivity contribution in [2.75, 3.05) is 0 Å². The second-order valence-corrected chi connectivity index (χ2v) is 7.83.